The van der Waals surface area contributed by atoms with Gasteiger partial charge in [-0.1, -0.05) is 106 Å². The highest BCUT2D eigenvalue weighted by Gasteiger charge is 2.27. The number of para-hydroxylation sites is 1. The second-order valence-electron chi connectivity index (χ2n) is 14.5. The molecule has 0 heterocycles. The summed E-state index contributed by atoms with van der Waals surface area (Å²) in [5, 5.41) is 30.8. The van der Waals surface area contributed by atoms with Crippen LogP contribution in [0.15, 0.2) is 42.5 Å². The van der Waals surface area contributed by atoms with Crippen LogP contribution in [0, 0.1) is 20.8 Å². The maximum Gasteiger partial charge on any atom is 0.122 e. The van der Waals surface area contributed by atoms with E-state index in [-0.39, 0.29) is 22.2 Å². The average Bonchev–Trinajstić information content (AvgIpc) is 2.78. The molecule has 0 aromatic heterocycles. The minimum atomic E-state index is -0.121. The summed E-state index contributed by atoms with van der Waals surface area (Å²) in [4.78, 5) is 0. The fourth-order valence-electron chi connectivity index (χ4n) is 5.40. The fourth-order valence-corrected chi connectivity index (χ4v) is 5.40. The Labute approximate surface area is 244 Å². The summed E-state index contributed by atoms with van der Waals surface area (Å²) in [7, 11) is 0. The van der Waals surface area contributed by atoms with Crippen molar-refractivity contribution in [2.75, 3.05) is 0 Å². The summed E-state index contributed by atoms with van der Waals surface area (Å²) in [5.41, 5.74) is 8.51. The Kier molecular flexibility index (Phi) is 10.2. The van der Waals surface area contributed by atoms with Crippen LogP contribution in [0.1, 0.15) is 133 Å². The molecule has 0 unspecified atom stereocenters. The van der Waals surface area contributed by atoms with Gasteiger partial charge in [-0.2, -0.15) is 0 Å². The molecular weight excluding hydrogens is 492 g/mol. The van der Waals surface area contributed by atoms with E-state index >= 15 is 0 Å². The van der Waals surface area contributed by atoms with E-state index in [1.807, 2.05) is 37.3 Å². The molecular formula is C37H54O3. The number of rotatable bonds is 4. The van der Waals surface area contributed by atoms with Gasteiger partial charge in [0.25, 0.3) is 0 Å². The predicted molar refractivity (Wildman–Crippen MR) is 171 cm³/mol. The molecule has 0 bridgehead atoms. The summed E-state index contributed by atoms with van der Waals surface area (Å²) >= 11 is 0. The molecule has 3 heteroatoms. The van der Waals surface area contributed by atoms with E-state index in [0.29, 0.717) is 17.2 Å². The number of aryl methyl sites for hydroxylation is 3. The second-order valence-corrected chi connectivity index (χ2v) is 14.5. The zero-order chi connectivity index (χ0) is 30.8. The minimum Gasteiger partial charge on any atom is -0.508 e. The van der Waals surface area contributed by atoms with E-state index in [2.05, 4.69) is 95.2 Å². The van der Waals surface area contributed by atoms with Crippen LogP contribution in [-0.4, -0.2) is 15.3 Å². The second kappa shape index (κ2) is 12.3. The number of benzene rings is 3. The Hall–Kier alpha value is -2.94. The predicted octanol–water partition coefficient (Wildman–Crippen LogP) is 10.2. The molecule has 0 spiro atoms. The first-order valence-electron chi connectivity index (χ1n) is 14.7. The lowest BCUT2D eigenvalue weighted by atomic mass is 9.76. The monoisotopic (exact) mass is 546 g/mol. The summed E-state index contributed by atoms with van der Waals surface area (Å²) in [6.07, 6.45) is 2.10. The normalized spacial score (nSPS) is 12.3. The van der Waals surface area contributed by atoms with Crippen molar-refractivity contribution < 1.29 is 15.3 Å². The molecule has 3 aromatic carbocycles. The van der Waals surface area contributed by atoms with Crippen molar-refractivity contribution in [3.05, 3.63) is 87.0 Å². The van der Waals surface area contributed by atoms with E-state index < -0.39 is 0 Å². The molecule has 0 saturated carbocycles. The molecule has 0 aliphatic heterocycles. The number of phenolic OH excluding ortho intramolecular Hbond substituents is 3. The summed E-state index contributed by atoms with van der Waals surface area (Å²) in [6.45, 7) is 27.4. The van der Waals surface area contributed by atoms with Crippen molar-refractivity contribution in [2.24, 2.45) is 0 Å². The largest absolute Gasteiger partial charge is 0.508 e. The van der Waals surface area contributed by atoms with E-state index in [0.717, 1.165) is 46.2 Å². The molecule has 0 fully saturated rings. The highest BCUT2D eigenvalue weighted by Crippen LogP contribution is 2.42. The fraction of sp³-hybridized carbons (Fsp3) is 0.514. The van der Waals surface area contributed by atoms with Gasteiger partial charge >= 0.3 is 0 Å². The maximum atomic E-state index is 10.5. The van der Waals surface area contributed by atoms with Gasteiger partial charge in [0, 0.05) is 5.92 Å². The third-order valence-corrected chi connectivity index (χ3v) is 7.76. The van der Waals surface area contributed by atoms with Crippen LogP contribution < -0.4 is 0 Å². The first-order chi connectivity index (χ1) is 18.2. The van der Waals surface area contributed by atoms with Gasteiger partial charge in [-0.15, -0.1) is 0 Å². The van der Waals surface area contributed by atoms with Crippen LogP contribution in [0.5, 0.6) is 17.2 Å². The highest BCUT2D eigenvalue weighted by atomic mass is 16.3. The van der Waals surface area contributed by atoms with Crippen LogP contribution in [0.25, 0.3) is 0 Å². The zero-order valence-electron chi connectivity index (χ0n) is 27.4. The van der Waals surface area contributed by atoms with E-state index in [9.17, 15) is 15.3 Å². The Balaban J connectivity index is 0.000000389. The molecule has 0 saturated heterocycles. The van der Waals surface area contributed by atoms with Crippen LogP contribution in [0.3, 0.4) is 0 Å². The quantitative estimate of drug-likeness (QED) is 0.305. The smallest absolute Gasteiger partial charge is 0.122 e. The van der Waals surface area contributed by atoms with Crippen molar-refractivity contribution >= 4 is 0 Å². The number of hydrogen-bond acceptors (Lipinski definition) is 3. The first kappa shape index (κ1) is 33.3. The van der Waals surface area contributed by atoms with Gasteiger partial charge in [0.2, 0.25) is 0 Å². The minimum absolute atomic E-state index is 0.0239. The van der Waals surface area contributed by atoms with Gasteiger partial charge in [-0.25, -0.2) is 0 Å². The van der Waals surface area contributed by atoms with Gasteiger partial charge in [-0.05, 0) is 100 Å². The highest BCUT2D eigenvalue weighted by molar-refractivity contribution is 5.52. The number of hydrogen-bond donors (Lipinski definition) is 3. The SMILES string of the molecule is CCCC(c1cc(C(C)(C)C)c(O)cc1C)c1cc(C(C)(C)C)c(O)cc1C.Cc1cccc(C(C)(C)C)c1O. The van der Waals surface area contributed by atoms with Gasteiger partial charge in [0.15, 0.2) is 0 Å². The first-order valence-corrected chi connectivity index (χ1v) is 14.7. The van der Waals surface area contributed by atoms with Crippen molar-refractivity contribution in [2.45, 2.75) is 125 Å². The van der Waals surface area contributed by atoms with Gasteiger partial charge in [-0.3, -0.25) is 0 Å². The lowest BCUT2D eigenvalue weighted by Crippen LogP contribution is -2.16. The van der Waals surface area contributed by atoms with Gasteiger partial charge in [0.05, 0.1) is 0 Å². The lowest BCUT2D eigenvalue weighted by molar-refractivity contribution is 0.442. The van der Waals surface area contributed by atoms with E-state index in [1.165, 1.54) is 11.1 Å². The Morgan fingerprint density at radius 3 is 1.30 bits per heavy atom. The third kappa shape index (κ3) is 7.83. The molecule has 0 amide bonds. The standard InChI is InChI=1S/C26H38O2.C11H16O/c1-10-11-18(19-14-21(25(4,5)6)23(27)12-16(19)2)20-15-22(26(7,8)9)24(28)13-17(20)3;1-8-6-5-7-9(10(8)12)11(2,3)4/h12-15,18,27-28H,10-11H2,1-9H3;5-7,12H,1-4H3. The van der Waals surface area contributed by atoms with Crippen LogP contribution in [0.2, 0.25) is 0 Å². The summed E-state index contributed by atoms with van der Waals surface area (Å²) in [5.74, 6) is 1.43. The van der Waals surface area contributed by atoms with Crippen molar-refractivity contribution in [3.8, 4) is 17.2 Å². The Morgan fingerprint density at radius 1 is 0.575 bits per heavy atom. The summed E-state index contributed by atoms with van der Waals surface area (Å²) < 4.78 is 0. The molecule has 3 aromatic rings. The topological polar surface area (TPSA) is 60.7 Å². The average molecular weight is 547 g/mol. The lowest BCUT2D eigenvalue weighted by Gasteiger charge is -2.29. The molecule has 0 radical (unpaired) electrons. The van der Waals surface area contributed by atoms with Crippen LogP contribution in [0.4, 0.5) is 0 Å². The van der Waals surface area contributed by atoms with Crippen molar-refractivity contribution in [1.82, 2.24) is 0 Å². The Morgan fingerprint density at radius 2 is 0.975 bits per heavy atom. The van der Waals surface area contributed by atoms with E-state index in [1.54, 1.807) is 0 Å². The zero-order valence-corrected chi connectivity index (χ0v) is 27.4. The molecule has 3 rings (SSSR count). The van der Waals surface area contributed by atoms with Gasteiger partial charge in [0.1, 0.15) is 17.2 Å². The molecule has 40 heavy (non-hydrogen) atoms. The van der Waals surface area contributed by atoms with Crippen LogP contribution >= 0.6 is 0 Å². The molecule has 0 aliphatic carbocycles. The molecule has 3 nitrogen and oxygen atoms in total. The Bertz CT molecular complexity index is 1240. The molecule has 220 valence electrons. The molecule has 0 atom stereocenters. The van der Waals surface area contributed by atoms with Gasteiger partial charge < -0.3 is 15.3 Å². The molecule has 3 N–H and O–H groups in total. The van der Waals surface area contributed by atoms with Crippen molar-refractivity contribution in [1.29, 1.82) is 0 Å². The number of aromatic hydroxyl groups is 3. The number of phenols is 3. The van der Waals surface area contributed by atoms with Crippen molar-refractivity contribution in [3.63, 3.8) is 0 Å². The van der Waals surface area contributed by atoms with Crippen LogP contribution in [-0.2, 0) is 16.2 Å². The maximum absolute atomic E-state index is 10.5. The third-order valence-electron chi connectivity index (χ3n) is 7.76. The van der Waals surface area contributed by atoms with E-state index in [4.69, 9.17) is 0 Å². The molecule has 0 aliphatic rings. The summed E-state index contributed by atoms with van der Waals surface area (Å²) in [6, 6.07) is 14.1.